The fourth-order valence-electron chi connectivity index (χ4n) is 2.17. The van der Waals surface area contributed by atoms with Crippen molar-refractivity contribution in [2.45, 2.75) is 14.7 Å². The molecule has 10 nitrogen and oxygen atoms in total. The monoisotopic (exact) mass is 808 g/mol. The molecule has 3 N–H and O–H groups in total. The molecule has 3 aromatic rings. The van der Waals surface area contributed by atoms with Crippen LogP contribution in [0.2, 0.25) is 0 Å². The molecule has 0 bridgehead atoms. The number of phenols is 3. The molecule has 18 heteroatoms. The van der Waals surface area contributed by atoms with Crippen LogP contribution in [0.25, 0.3) is 0 Å². The second-order valence-electron chi connectivity index (χ2n) is 7.27. The molecule has 0 saturated heterocycles. The third-order valence-corrected chi connectivity index (χ3v) is 9.21. The molecular formula is C21H22BBr3NO9S4. The number of aromatic hydroxyl groups is 3. The zero-order valence-electron chi connectivity index (χ0n) is 20.3. The molecule has 0 fully saturated rings. The minimum absolute atomic E-state index is 0.00704. The number of phenolic OH excluding ortho intramolecular Hbond substituents is 3. The first-order valence-corrected chi connectivity index (χ1v) is 18.2. The number of nitrogens with zero attached hydrogens (tertiary/aromatic N) is 1. The third kappa shape index (κ3) is 14.1. The third-order valence-electron chi connectivity index (χ3n) is 4.03. The normalized spacial score (nSPS) is 10.9. The van der Waals surface area contributed by atoms with Gasteiger partial charge in [0.15, 0.2) is 29.5 Å². The van der Waals surface area contributed by atoms with Crippen molar-refractivity contribution >= 4 is 97.8 Å². The molecule has 0 aromatic heterocycles. The first-order valence-electron chi connectivity index (χ1n) is 9.75. The van der Waals surface area contributed by atoms with Crippen molar-refractivity contribution in [1.82, 2.24) is 0 Å². The molecule has 0 amide bonds. The summed E-state index contributed by atoms with van der Waals surface area (Å²) in [6.45, 7) is 0. The summed E-state index contributed by atoms with van der Waals surface area (Å²) in [6.07, 6.45) is 3.35. The number of thiol groups is 1. The zero-order valence-corrected chi connectivity index (χ0v) is 28.4. The first kappa shape index (κ1) is 37.6. The van der Waals surface area contributed by atoms with Crippen LogP contribution in [0, 0.1) is 0 Å². The van der Waals surface area contributed by atoms with E-state index in [1.54, 1.807) is 0 Å². The van der Waals surface area contributed by atoms with E-state index in [9.17, 15) is 30.4 Å². The molecule has 0 atom stereocenters. The van der Waals surface area contributed by atoms with Crippen molar-refractivity contribution in [3.05, 3.63) is 68.0 Å². The van der Waals surface area contributed by atoms with Crippen molar-refractivity contribution < 1.29 is 40.6 Å². The Kier molecular flexibility index (Phi) is 15.5. The van der Waals surface area contributed by atoms with Gasteiger partial charge in [-0.2, -0.15) is 0 Å². The van der Waals surface area contributed by atoms with Gasteiger partial charge in [-0.15, -0.1) is 0 Å². The van der Waals surface area contributed by atoms with Gasteiger partial charge >= 0.3 is 24.8 Å². The van der Waals surface area contributed by atoms with Crippen molar-refractivity contribution in [3.8, 4) is 17.2 Å². The molecule has 0 aliphatic carbocycles. The molecule has 3 aromatic carbocycles. The summed E-state index contributed by atoms with van der Waals surface area (Å²) in [5, 5.41) is 27.2. The number of benzene rings is 3. The van der Waals surface area contributed by atoms with Gasteiger partial charge in [0.1, 0.15) is 17.2 Å². The van der Waals surface area contributed by atoms with Crippen LogP contribution < -0.4 is 0 Å². The maximum atomic E-state index is 11.1. The topological polar surface area (TPSA) is 175 Å². The van der Waals surface area contributed by atoms with Gasteiger partial charge in [-0.25, -0.2) is 25.3 Å². The zero-order chi connectivity index (χ0) is 30.8. The van der Waals surface area contributed by atoms with Crippen LogP contribution in [0.1, 0.15) is 0 Å². The predicted molar refractivity (Wildman–Crippen MR) is 164 cm³/mol. The van der Waals surface area contributed by atoms with E-state index in [0.29, 0.717) is 13.4 Å². The number of halogens is 3. The fraction of sp³-hybridized carbons (Fsp3) is 0.143. The van der Waals surface area contributed by atoms with Crippen molar-refractivity contribution in [1.29, 1.82) is 0 Å². The quantitative estimate of drug-likeness (QED) is 0.213. The average Bonchev–Trinajstić information content (AvgIpc) is 2.79. The Hall–Kier alpha value is -1.44. The summed E-state index contributed by atoms with van der Waals surface area (Å²) in [7, 11) is -5.21. The van der Waals surface area contributed by atoms with Gasteiger partial charge < -0.3 is 15.3 Å². The molecular weight excluding hydrogens is 789 g/mol. The fourth-order valence-corrected chi connectivity index (χ4v) is 6.13. The Morgan fingerprint density at radius 2 is 0.974 bits per heavy atom. The van der Waals surface area contributed by atoms with Gasteiger partial charge in [0.2, 0.25) is 0 Å². The van der Waals surface area contributed by atoms with E-state index in [0.717, 1.165) is 18.8 Å². The van der Waals surface area contributed by atoms with E-state index in [1.807, 2.05) is 0 Å². The Labute approximate surface area is 259 Å². The van der Waals surface area contributed by atoms with E-state index >= 15 is 0 Å². The van der Waals surface area contributed by atoms with E-state index in [4.69, 9.17) is 10.2 Å². The van der Waals surface area contributed by atoms with Crippen LogP contribution in [-0.2, 0) is 29.5 Å². The summed E-state index contributed by atoms with van der Waals surface area (Å²) >= 11 is 12.3. The average molecular weight is 811 g/mol. The SMILES string of the molecule is CS(=O)(=O)c1cc(Br)c(O)c(Br)c1.CS(=O)(=O)c1ccc(O)c(Br)c1.CS(=O)(=O)c1ccc(O)cc1.[B]=NS. The van der Waals surface area contributed by atoms with Crippen LogP contribution in [0.4, 0.5) is 0 Å². The van der Waals surface area contributed by atoms with E-state index in [2.05, 4.69) is 72.5 Å². The number of sulfone groups is 3. The Morgan fingerprint density at radius 3 is 1.31 bits per heavy atom. The van der Waals surface area contributed by atoms with Gasteiger partial charge in [-0.1, -0.05) is 0 Å². The van der Waals surface area contributed by atoms with Crippen LogP contribution in [0.15, 0.2) is 87.0 Å². The molecule has 0 spiro atoms. The van der Waals surface area contributed by atoms with Crippen LogP contribution in [0.3, 0.4) is 0 Å². The van der Waals surface area contributed by atoms with Gasteiger partial charge in [0, 0.05) is 18.8 Å². The van der Waals surface area contributed by atoms with Crippen LogP contribution >= 0.6 is 60.6 Å². The van der Waals surface area contributed by atoms with E-state index in [1.165, 1.54) is 54.6 Å². The second kappa shape index (κ2) is 16.1. The summed E-state index contributed by atoms with van der Waals surface area (Å²) in [4.78, 5) is 0.562. The predicted octanol–water partition coefficient (Wildman–Crippen LogP) is 4.86. The molecule has 0 heterocycles. The van der Waals surface area contributed by atoms with Crippen molar-refractivity contribution in [3.63, 3.8) is 0 Å². The molecule has 1 radical (unpaired) electrons. The Morgan fingerprint density at radius 1 is 0.641 bits per heavy atom. The van der Waals surface area contributed by atoms with Gasteiger partial charge in [0.25, 0.3) is 0 Å². The molecule has 0 aliphatic heterocycles. The van der Waals surface area contributed by atoms with E-state index < -0.39 is 29.5 Å². The summed E-state index contributed by atoms with van der Waals surface area (Å²) in [5.41, 5.74) is 0. The van der Waals surface area contributed by atoms with Gasteiger partial charge in [0.05, 0.1) is 28.1 Å². The standard InChI is InChI=1S/C7H6Br2O3S.C7H7BrO3S.C7H8O3S.BHNS/c1-13(11,12)4-2-5(8)7(10)6(9)3-4;1-12(10,11)5-2-3-7(9)6(8)4-5;1-11(9,10)7-4-2-6(8)3-5-7;1-2-3/h2-3,10H,1H3;2-4,9H,1H3;2-5,8H,1H3;3H. The number of hydrogen-bond donors (Lipinski definition) is 4. The molecule has 0 saturated carbocycles. The van der Waals surface area contributed by atoms with Crippen LogP contribution in [0.5, 0.6) is 17.2 Å². The van der Waals surface area contributed by atoms with Crippen molar-refractivity contribution in [2.75, 3.05) is 18.8 Å². The first-order chi connectivity index (χ1) is 17.6. The summed E-state index contributed by atoms with van der Waals surface area (Å²) in [5.74, 6) is 0.0900. The molecule has 0 aliphatic rings. The van der Waals surface area contributed by atoms with Gasteiger partial charge in [-0.3, -0.25) is 0 Å². The van der Waals surface area contributed by atoms with Crippen molar-refractivity contribution in [2.24, 2.45) is 4.30 Å². The molecule has 0 unspecified atom stereocenters. The van der Waals surface area contributed by atoms with Gasteiger partial charge in [-0.05, 0) is 102 Å². The molecule has 39 heavy (non-hydrogen) atoms. The molecule has 3 rings (SSSR count). The van der Waals surface area contributed by atoms with E-state index in [-0.39, 0.29) is 31.9 Å². The maximum absolute atomic E-state index is 11.1. The van der Waals surface area contributed by atoms with Crippen LogP contribution in [-0.4, -0.2) is 67.0 Å². The summed E-state index contributed by atoms with van der Waals surface area (Å²) in [6, 6.07) is 12.2. The summed E-state index contributed by atoms with van der Waals surface area (Å²) < 4.78 is 69.7. The molecule has 213 valence electrons. The number of hydrogen-bond acceptors (Lipinski definition) is 11. The Balaban J connectivity index is 0.000000529. The number of rotatable bonds is 3. The second-order valence-corrected chi connectivity index (χ2v) is 16.1. The minimum atomic E-state index is -3.24. The Bertz CT molecular complexity index is 1590.